The van der Waals surface area contributed by atoms with Gasteiger partial charge in [0.1, 0.15) is 12.0 Å². The van der Waals surface area contributed by atoms with Gasteiger partial charge in [-0.2, -0.15) is 0 Å². The lowest BCUT2D eigenvalue weighted by atomic mass is 10.0. The van der Waals surface area contributed by atoms with E-state index < -0.39 is 0 Å². The van der Waals surface area contributed by atoms with E-state index in [2.05, 4.69) is 9.68 Å². The second-order valence-corrected chi connectivity index (χ2v) is 3.10. The molecule has 0 radical (unpaired) electrons. The molecule has 0 saturated carbocycles. The number of hydrogen-bond acceptors (Lipinski definition) is 4. The largest absolute Gasteiger partial charge is 0.369 e. The highest BCUT2D eigenvalue weighted by molar-refractivity contribution is 5.79. The number of allylic oxidation sites excluding steroid dienone is 3. The molecule has 5 heteroatoms. The summed E-state index contributed by atoms with van der Waals surface area (Å²) in [6.07, 6.45) is 10.3. The van der Waals surface area contributed by atoms with Crippen molar-refractivity contribution in [2.24, 2.45) is 11.7 Å². The van der Waals surface area contributed by atoms with E-state index in [4.69, 9.17) is 5.73 Å². The third-order valence-corrected chi connectivity index (χ3v) is 1.92. The zero-order valence-electron chi connectivity index (χ0n) is 8.58. The van der Waals surface area contributed by atoms with Gasteiger partial charge in [0, 0.05) is 6.07 Å². The summed E-state index contributed by atoms with van der Waals surface area (Å²) in [4.78, 5) is 20.2. The van der Waals surface area contributed by atoms with Gasteiger partial charge < -0.3 is 10.3 Å². The molecule has 0 spiro atoms. The van der Waals surface area contributed by atoms with Gasteiger partial charge in [-0.15, -0.1) is 0 Å². The maximum atomic E-state index is 10.5. The Labute approximate surface area is 92.6 Å². The molecule has 1 unspecified atom stereocenters. The van der Waals surface area contributed by atoms with Gasteiger partial charge in [0.25, 0.3) is 0 Å². The molecule has 0 saturated heterocycles. The fourth-order valence-corrected chi connectivity index (χ4v) is 1.07. The minimum absolute atomic E-state index is 0.0741. The molecule has 84 valence electrons. The predicted octanol–water partition coefficient (Wildman–Crippen LogP) is 1.09. The molecule has 1 aromatic rings. The molecule has 1 atom stereocenters. The van der Waals surface area contributed by atoms with Gasteiger partial charge in [-0.05, 0) is 6.42 Å². The first kappa shape index (κ1) is 11.9. The maximum absolute atomic E-state index is 10.5. The third kappa shape index (κ3) is 3.91. The summed E-state index contributed by atoms with van der Waals surface area (Å²) in [5.74, 6) is -0.314. The molecule has 1 heterocycles. The van der Waals surface area contributed by atoms with E-state index in [-0.39, 0.29) is 11.8 Å². The Morgan fingerprint density at radius 2 is 2.38 bits per heavy atom. The highest BCUT2D eigenvalue weighted by Gasteiger charge is 2.09. The molecule has 2 rings (SSSR count). The van der Waals surface area contributed by atoms with Crippen molar-refractivity contribution in [2.45, 2.75) is 6.42 Å². The smallest absolute Gasteiger partial charge is 0.224 e. The Kier molecular flexibility index (Phi) is 4.72. The first-order valence-corrected chi connectivity index (χ1v) is 4.72. The maximum Gasteiger partial charge on any atom is 0.224 e. The molecule has 0 aliphatic heterocycles. The number of aromatic nitrogens is 1. The summed E-state index contributed by atoms with van der Waals surface area (Å²) in [5, 5.41) is 3.29. The van der Waals surface area contributed by atoms with Crippen LogP contribution in [-0.4, -0.2) is 17.4 Å². The van der Waals surface area contributed by atoms with Crippen molar-refractivity contribution in [3.8, 4) is 0 Å². The Balaban J connectivity index is 0.000000165. The summed E-state index contributed by atoms with van der Waals surface area (Å²) < 4.78 is 4.32. The van der Waals surface area contributed by atoms with Crippen LogP contribution in [-0.2, 0) is 4.79 Å². The second kappa shape index (κ2) is 6.34. The number of nitrogens with two attached hydrogens (primary N) is 1. The number of nitrogens with zero attached hydrogens (tertiary/aromatic N) is 1. The Bertz CT molecular complexity index is 393. The molecule has 1 amide bonds. The molecule has 16 heavy (non-hydrogen) atoms. The second-order valence-electron chi connectivity index (χ2n) is 3.10. The van der Waals surface area contributed by atoms with Gasteiger partial charge in [0.05, 0.1) is 5.92 Å². The number of primary amides is 1. The van der Waals surface area contributed by atoms with Crippen LogP contribution in [0.1, 0.15) is 16.9 Å². The normalized spacial score (nSPS) is 17.4. The molecule has 0 bridgehead atoms. The van der Waals surface area contributed by atoms with E-state index >= 15 is 0 Å². The molecule has 0 fully saturated rings. The fourth-order valence-electron chi connectivity index (χ4n) is 1.07. The van der Waals surface area contributed by atoms with Crippen LogP contribution in [0.5, 0.6) is 0 Å². The van der Waals surface area contributed by atoms with E-state index in [0.717, 1.165) is 6.42 Å². The number of carbonyl (C=O) groups is 2. The van der Waals surface area contributed by atoms with Crippen LogP contribution in [0.25, 0.3) is 0 Å². The molecule has 1 aliphatic rings. The number of amides is 1. The number of rotatable bonds is 2. The Morgan fingerprint density at radius 3 is 2.69 bits per heavy atom. The molecular formula is C11H12N2O3. The lowest BCUT2D eigenvalue weighted by molar-refractivity contribution is -0.120. The highest BCUT2D eigenvalue weighted by atomic mass is 16.5. The van der Waals surface area contributed by atoms with E-state index in [9.17, 15) is 9.59 Å². The van der Waals surface area contributed by atoms with Gasteiger partial charge in [-0.25, -0.2) is 0 Å². The topological polar surface area (TPSA) is 86.2 Å². The molecule has 0 aromatic carbocycles. The summed E-state index contributed by atoms with van der Waals surface area (Å²) in [6, 6.07) is 1.49. The zero-order valence-corrected chi connectivity index (χ0v) is 8.58. The zero-order chi connectivity index (χ0) is 11.8. The Morgan fingerprint density at radius 1 is 1.56 bits per heavy atom. The van der Waals surface area contributed by atoms with E-state index in [1.54, 1.807) is 0 Å². The quantitative estimate of drug-likeness (QED) is 0.756. The van der Waals surface area contributed by atoms with Crippen molar-refractivity contribution in [1.29, 1.82) is 0 Å². The molecular weight excluding hydrogens is 208 g/mol. The van der Waals surface area contributed by atoms with E-state index in [1.807, 2.05) is 24.3 Å². The monoisotopic (exact) mass is 220 g/mol. The summed E-state index contributed by atoms with van der Waals surface area (Å²) >= 11 is 0. The molecule has 1 aromatic heterocycles. The Hall–Kier alpha value is -2.17. The third-order valence-electron chi connectivity index (χ3n) is 1.92. The average Bonchev–Trinajstić information content (AvgIpc) is 2.84. The number of aldehydes is 1. The van der Waals surface area contributed by atoms with Crippen LogP contribution >= 0.6 is 0 Å². The molecule has 5 nitrogen and oxygen atoms in total. The van der Waals surface area contributed by atoms with Crippen molar-refractivity contribution in [1.82, 2.24) is 5.16 Å². The van der Waals surface area contributed by atoms with Crippen LogP contribution < -0.4 is 5.73 Å². The van der Waals surface area contributed by atoms with Crippen LogP contribution in [0.15, 0.2) is 41.2 Å². The SMILES string of the molecule is NC(=O)C1C=CC=CC1.O=Cc1ccon1. The lowest BCUT2D eigenvalue weighted by Crippen LogP contribution is -2.21. The van der Waals surface area contributed by atoms with Crippen LogP contribution in [0.3, 0.4) is 0 Å². The first-order chi connectivity index (χ1) is 7.74. The molecule has 2 N–H and O–H groups in total. The van der Waals surface area contributed by atoms with Gasteiger partial charge in [-0.3, -0.25) is 9.59 Å². The highest BCUT2D eigenvalue weighted by Crippen LogP contribution is 2.09. The summed E-state index contributed by atoms with van der Waals surface area (Å²) in [7, 11) is 0. The minimum Gasteiger partial charge on any atom is -0.369 e. The average molecular weight is 220 g/mol. The van der Waals surface area contributed by atoms with Crippen molar-refractivity contribution in [3.63, 3.8) is 0 Å². The van der Waals surface area contributed by atoms with Crippen molar-refractivity contribution in [2.75, 3.05) is 0 Å². The van der Waals surface area contributed by atoms with E-state index in [1.165, 1.54) is 12.3 Å². The van der Waals surface area contributed by atoms with Crippen LogP contribution in [0.4, 0.5) is 0 Å². The van der Waals surface area contributed by atoms with Crippen molar-refractivity contribution < 1.29 is 14.1 Å². The first-order valence-electron chi connectivity index (χ1n) is 4.72. The van der Waals surface area contributed by atoms with Gasteiger partial charge in [-0.1, -0.05) is 29.5 Å². The van der Waals surface area contributed by atoms with Gasteiger partial charge in [0.15, 0.2) is 6.29 Å². The standard InChI is InChI=1S/C7H9NO.C4H3NO2/c8-7(9)6-4-2-1-3-5-6;6-3-4-1-2-7-5-4/h1-4,6H,5H2,(H2,8,9);1-3H. The summed E-state index contributed by atoms with van der Waals surface area (Å²) in [6.45, 7) is 0. The van der Waals surface area contributed by atoms with Crippen molar-refractivity contribution in [3.05, 3.63) is 42.3 Å². The minimum atomic E-state index is -0.240. The van der Waals surface area contributed by atoms with Crippen molar-refractivity contribution >= 4 is 12.2 Å². The number of carbonyl (C=O) groups excluding carboxylic acids is 2. The van der Waals surface area contributed by atoms with Crippen LogP contribution in [0.2, 0.25) is 0 Å². The predicted molar refractivity (Wildman–Crippen MR) is 57.5 cm³/mol. The van der Waals surface area contributed by atoms with Gasteiger partial charge >= 0.3 is 0 Å². The molecule has 1 aliphatic carbocycles. The van der Waals surface area contributed by atoms with Gasteiger partial charge in [0.2, 0.25) is 5.91 Å². The van der Waals surface area contributed by atoms with E-state index in [0.29, 0.717) is 12.0 Å². The summed E-state index contributed by atoms with van der Waals surface area (Å²) in [5.41, 5.74) is 5.38. The number of hydrogen-bond donors (Lipinski definition) is 1. The van der Waals surface area contributed by atoms with Crippen LogP contribution in [0, 0.1) is 5.92 Å². The lowest BCUT2D eigenvalue weighted by Gasteiger charge is -2.06. The fraction of sp³-hybridized carbons (Fsp3) is 0.182.